The second-order valence-corrected chi connectivity index (χ2v) is 5.24. The minimum absolute atomic E-state index is 0.0139. The fraction of sp³-hybridized carbons (Fsp3) is 0.375. The van der Waals surface area contributed by atoms with Crippen LogP contribution in [0.5, 0.6) is 0 Å². The molecule has 0 aliphatic carbocycles. The summed E-state index contributed by atoms with van der Waals surface area (Å²) in [5, 5.41) is 19.5. The van der Waals surface area contributed by atoms with Gasteiger partial charge in [-0.2, -0.15) is 5.26 Å². The van der Waals surface area contributed by atoms with Crippen molar-refractivity contribution in [2.24, 2.45) is 0 Å². The monoisotopic (exact) mass is 284 g/mol. The molecule has 1 N–H and O–H groups in total. The molecule has 0 bridgehead atoms. The number of hydrogen-bond acceptors (Lipinski definition) is 5. The molecule has 0 spiro atoms. The predicted octanol–water partition coefficient (Wildman–Crippen LogP) is 1.69. The SMILES string of the molecule is [2H]c1ccc2c(N3C[C@H](CO)O[C@H](C)C3)ccc(C#N)c2n1. The maximum absolute atomic E-state index is 9.37. The van der Waals surface area contributed by atoms with E-state index in [1.165, 1.54) is 0 Å². The van der Waals surface area contributed by atoms with Crippen molar-refractivity contribution in [2.45, 2.75) is 19.1 Å². The quantitative estimate of drug-likeness (QED) is 0.909. The lowest BCUT2D eigenvalue weighted by Crippen LogP contribution is -2.48. The van der Waals surface area contributed by atoms with Gasteiger partial charge in [0.25, 0.3) is 0 Å². The van der Waals surface area contributed by atoms with E-state index in [0.717, 1.165) is 11.1 Å². The number of hydrogen-bond donors (Lipinski definition) is 1. The minimum atomic E-state index is -0.224. The highest BCUT2D eigenvalue weighted by Crippen LogP contribution is 2.30. The molecule has 0 unspecified atom stereocenters. The average Bonchev–Trinajstić information content (AvgIpc) is 2.52. The third-order valence-corrected chi connectivity index (χ3v) is 3.69. The number of rotatable bonds is 2. The van der Waals surface area contributed by atoms with E-state index in [-0.39, 0.29) is 25.0 Å². The number of anilines is 1. The second-order valence-electron chi connectivity index (χ2n) is 5.24. The molecule has 1 aromatic carbocycles. The summed E-state index contributed by atoms with van der Waals surface area (Å²) < 4.78 is 13.3. The van der Waals surface area contributed by atoms with E-state index < -0.39 is 0 Å². The van der Waals surface area contributed by atoms with Gasteiger partial charge in [0.05, 0.1) is 31.3 Å². The molecule has 1 saturated heterocycles. The van der Waals surface area contributed by atoms with E-state index in [1.54, 1.807) is 12.1 Å². The third kappa shape index (κ3) is 2.56. The Labute approximate surface area is 124 Å². The maximum Gasteiger partial charge on any atom is 0.101 e. The van der Waals surface area contributed by atoms with Crippen LogP contribution in [0.3, 0.4) is 0 Å². The Bertz CT molecular complexity index is 744. The van der Waals surface area contributed by atoms with Crippen LogP contribution in [0.15, 0.2) is 30.4 Å². The number of fused-ring (bicyclic) bond motifs is 1. The fourth-order valence-electron chi connectivity index (χ4n) is 2.81. The zero-order valence-electron chi connectivity index (χ0n) is 12.8. The van der Waals surface area contributed by atoms with E-state index in [0.29, 0.717) is 24.2 Å². The van der Waals surface area contributed by atoms with Gasteiger partial charge in [0.2, 0.25) is 0 Å². The lowest BCUT2D eigenvalue weighted by atomic mass is 10.1. The molecule has 2 aromatic rings. The first-order valence-corrected chi connectivity index (χ1v) is 6.94. The van der Waals surface area contributed by atoms with Crippen molar-refractivity contribution in [3.05, 3.63) is 36.0 Å². The topological polar surface area (TPSA) is 69.4 Å². The van der Waals surface area contributed by atoms with Crippen LogP contribution < -0.4 is 4.90 Å². The number of morpholine rings is 1. The third-order valence-electron chi connectivity index (χ3n) is 3.69. The Kier molecular flexibility index (Phi) is 3.40. The molecule has 5 nitrogen and oxygen atoms in total. The van der Waals surface area contributed by atoms with Gasteiger partial charge in [-0.3, -0.25) is 4.98 Å². The van der Waals surface area contributed by atoms with Gasteiger partial charge < -0.3 is 14.7 Å². The Balaban J connectivity index is 2.09. The first kappa shape index (κ1) is 12.6. The van der Waals surface area contributed by atoms with Crippen LogP contribution in [0.2, 0.25) is 0 Å². The number of pyridine rings is 1. The lowest BCUT2D eigenvalue weighted by molar-refractivity contribution is -0.0420. The van der Waals surface area contributed by atoms with Crippen LogP contribution in [-0.2, 0) is 4.74 Å². The van der Waals surface area contributed by atoms with Crippen LogP contribution in [0.1, 0.15) is 13.9 Å². The summed E-state index contributed by atoms with van der Waals surface area (Å²) >= 11 is 0. The van der Waals surface area contributed by atoms with Crippen molar-refractivity contribution in [1.29, 1.82) is 5.26 Å². The highest BCUT2D eigenvalue weighted by atomic mass is 16.5. The molecule has 21 heavy (non-hydrogen) atoms. The van der Waals surface area contributed by atoms with E-state index in [9.17, 15) is 10.4 Å². The summed E-state index contributed by atoms with van der Waals surface area (Å²) in [7, 11) is 0. The molecule has 0 amide bonds. The van der Waals surface area contributed by atoms with E-state index in [1.807, 2.05) is 19.1 Å². The van der Waals surface area contributed by atoms with Gasteiger partial charge in [-0.1, -0.05) is 0 Å². The van der Waals surface area contributed by atoms with E-state index in [4.69, 9.17) is 6.11 Å². The van der Waals surface area contributed by atoms with Crippen molar-refractivity contribution in [3.8, 4) is 6.07 Å². The summed E-state index contributed by atoms with van der Waals surface area (Å²) in [4.78, 5) is 6.34. The molecule has 3 rings (SSSR count). The zero-order chi connectivity index (χ0) is 15.7. The van der Waals surface area contributed by atoms with Crippen LogP contribution in [0.25, 0.3) is 10.9 Å². The average molecular weight is 284 g/mol. The summed E-state index contributed by atoms with van der Waals surface area (Å²) in [6.45, 7) is 3.25. The highest BCUT2D eigenvalue weighted by molar-refractivity contribution is 5.95. The summed E-state index contributed by atoms with van der Waals surface area (Å²) in [5.41, 5.74) is 1.97. The van der Waals surface area contributed by atoms with Crippen LogP contribution >= 0.6 is 0 Å². The van der Waals surface area contributed by atoms with Gasteiger partial charge >= 0.3 is 0 Å². The first-order valence-electron chi connectivity index (χ1n) is 7.44. The van der Waals surface area contributed by atoms with E-state index >= 15 is 0 Å². The van der Waals surface area contributed by atoms with Crippen LogP contribution in [-0.4, -0.2) is 42.0 Å². The maximum atomic E-state index is 9.37. The Morgan fingerprint density at radius 1 is 1.52 bits per heavy atom. The lowest BCUT2D eigenvalue weighted by Gasteiger charge is -2.38. The van der Waals surface area contributed by atoms with Gasteiger partial charge in [-0.25, -0.2) is 0 Å². The van der Waals surface area contributed by atoms with Crippen molar-refractivity contribution >= 4 is 16.6 Å². The molecule has 108 valence electrons. The number of ether oxygens (including phenoxy) is 1. The summed E-state index contributed by atoms with van der Waals surface area (Å²) in [5.74, 6) is 0. The van der Waals surface area contributed by atoms with Crippen LogP contribution in [0, 0.1) is 11.3 Å². The number of aliphatic hydroxyl groups is 1. The molecule has 1 aliphatic heterocycles. The number of benzene rings is 1. The van der Waals surface area contributed by atoms with Crippen molar-refractivity contribution in [3.63, 3.8) is 0 Å². The molecular formula is C16H17N3O2. The molecule has 1 aromatic heterocycles. The number of nitrogens with zero attached hydrogens (tertiary/aromatic N) is 3. The largest absolute Gasteiger partial charge is 0.394 e. The molecule has 0 radical (unpaired) electrons. The molecule has 1 fully saturated rings. The smallest absolute Gasteiger partial charge is 0.101 e. The summed E-state index contributed by atoms with van der Waals surface area (Å²) in [6, 6.07) is 9.22. The fourth-order valence-corrected chi connectivity index (χ4v) is 2.81. The minimum Gasteiger partial charge on any atom is -0.394 e. The molecule has 2 atom stereocenters. The van der Waals surface area contributed by atoms with Crippen molar-refractivity contribution < 1.29 is 11.2 Å². The van der Waals surface area contributed by atoms with Crippen LogP contribution in [0.4, 0.5) is 5.69 Å². The number of aliphatic hydroxyl groups excluding tert-OH is 1. The normalized spacial score (nSPS) is 22.9. The molecule has 5 heteroatoms. The predicted molar refractivity (Wildman–Crippen MR) is 80.1 cm³/mol. The molecule has 0 saturated carbocycles. The van der Waals surface area contributed by atoms with Gasteiger partial charge in [0.1, 0.15) is 6.07 Å². The Morgan fingerprint density at radius 3 is 3.14 bits per heavy atom. The highest BCUT2D eigenvalue weighted by Gasteiger charge is 2.26. The van der Waals surface area contributed by atoms with Gasteiger partial charge in [-0.05, 0) is 31.2 Å². The first-order chi connectivity index (χ1) is 10.6. The van der Waals surface area contributed by atoms with Crippen molar-refractivity contribution in [2.75, 3.05) is 24.6 Å². The standard InChI is InChI=1S/C16H17N3O2/c1-11-8-19(9-13(10-20)21-11)15-5-4-12(7-17)16-14(15)3-2-6-18-16/h2-6,11,13,20H,8-10H2,1H3/t11-,13-/m1/s1/i6D. The Morgan fingerprint density at radius 2 is 2.38 bits per heavy atom. The van der Waals surface area contributed by atoms with Crippen molar-refractivity contribution in [1.82, 2.24) is 4.98 Å². The zero-order valence-corrected chi connectivity index (χ0v) is 11.8. The van der Waals surface area contributed by atoms with E-state index in [2.05, 4.69) is 16.0 Å². The second kappa shape index (κ2) is 5.68. The van der Waals surface area contributed by atoms with Gasteiger partial charge in [-0.15, -0.1) is 0 Å². The van der Waals surface area contributed by atoms with Gasteiger partial charge in [0, 0.05) is 30.3 Å². The molecule has 1 aliphatic rings. The summed E-state index contributed by atoms with van der Waals surface area (Å²) in [6.07, 6.45) is -0.0671. The van der Waals surface area contributed by atoms with Gasteiger partial charge in [0.15, 0.2) is 0 Å². The number of nitriles is 1. The number of aromatic nitrogens is 1. The molecule has 2 heterocycles. The Hall–Kier alpha value is -2.16. The molecular weight excluding hydrogens is 266 g/mol.